The fourth-order valence-electron chi connectivity index (χ4n) is 1.22. The molecule has 0 spiro atoms. The average molecular weight is 165 g/mol. The van der Waals surface area contributed by atoms with Crippen LogP contribution in [0.15, 0.2) is 24.5 Å². The molecule has 0 saturated heterocycles. The third kappa shape index (κ3) is 2.38. The molecule has 66 valence electrons. The summed E-state index contributed by atoms with van der Waals surface area (Å²) in [6, 6.07) is 4.09. The predicted molar refractivity (Wildman–Crippen MR) is 48.0 cm³/mol. The third-order valence-electron chi connectivity index (χ3n) is 2.21. The lowest BCUT2D eigenvalue weighted by Crippen LogP contribution is -2.05. The van der Waals surface area contributed by atoms with Gasteiger partial charge in [0.1, 0.15) is 0 Å². The Morgan fingerprint density at radius 1 is 1.25 bits per heavy atom. The van der Waals surface area contributed by atoms with Crippen molar-refractivity contribution in [3.05, 3.63) is 24.5 Å². The molecule has 2 rings (SSSR count). The second-order valence-electron chi connectivity index (χ2n) is 3.44. The molecule has 0 radical (unpaired) electrons. The highest BCUT2D eigenvalue weighted by Gasteiger charge is 2.20. The van der Waals surface area contributed by atoms with Crippen LogP contribution in [0.5, 0.6) is 0 Å². The van der Waals surface area contributed by atoms with Gasteiger partial charge in [0, 0.05) is 25.5 Å². The monoisotopic (exact) mass is 165 g/mol. The SMILES string of the molecule is c1ccn(CCOCC2CC2)c1. The minimum absolute atomic E-state index is 0.852. The van der Waals surface area contributed by atoms with Crippen LogP contribution in [0.25, 0.3) is 0 Å². The van der Waals surface area contributed by atoms with Crippen LogP contribution >= 0.6 is 0 Å². The molecule has 2 nitrogen and oxygen atoms in total. The van der Waals surface area contributed by atoms with E-state index < -0.39 is 0 Å². The zero-order valence-corrected chi connectivity index (χ0v) is 7.28. The van der Waals surface area contributed by atoms with E-state index in [4.69, 9.17) is 4.74 Å². The smallest absolute Gasteiger partial charge is 0.0645 e. The number of ether oxygens (including phenoxy) is 1. The van der Waals surface area contributed by atoms with Crippen LogP contribution in [0.4, 0.5) is 0 Å². The van der Waals surface area contributed by atoms with Gasteiger partial charge in [0.15, 0.2) is 0 Å². The van der Waals surface area contributed by atoms with Gasteiger partial charge >= 0.3 is 0 Å². The lowest BCUT2D eigenvalue weighted by molar-refractivity contribution is 0.117. The summed E-state index contributed by atoms with van der Waals surface area (Å²) in [5.74, 6) is 0.884. The molecule has 0 atom stereocenters. The molecule has 0 aliphatic heterocycles. The zero-order valence-electron chi connectivity index (χ0n) is 7.28. The van der Waals surface area contributed by atoms with Gasteiger partial charge in [0.2, 0.25) is 0 Å². The molecule has 1 saturated carbocycles. The Balaban J connectivity index is 1.56. The van der Waals surface area contributed by atoms with E-state index >= 15 is 0 Å². The molecule has 0 bridgehead atoms. The van der Waals surface area contributed by atoms with Gasteiger partial charge in [-0.25, -0.2) is 0 Å². The maximum atomic E-state index is 5.51. The number of nitrogens with zero attached hydrogens (tertiary/aromatic N) is 1. The Kier molecular flexibility index (Phi) is 2.47. The standard InChI is InChI=1S/C10H15NO/c1-2-6-11(5-1)7-8-12-9-10-3-4-10/h1-2,5-6,10H,3-4,7-9H2. The van der Waals surface area contributed by atoms with E-state index in [1.165, 1.54) is 12.8 Å². The number of aromatic nitrogens is 1. The van der Waals surface area contributed by atoms with Gasteiger partial charge in [-0.1, -0.05) is 0 Å². The molecule has 12 heavy (non-hydrogen) atoms. The molecule has 1 heterocycles. The Morgan fingerprint density at radius 3 is 2.67 bits per heavy atom. The lowest BCUT2D eigenvalue weighted by atomic mass is 10.5. The van der Waals surface area contributed by atoms with Gasteiger partial charge in [-0.3, -0.25) is 0 Å². The largest absolute Gasteiger partial charge is 0.379 e. The van der Waals surface area contributed by atoms with Crippen molar-refractivity contribution < 1.29 is 4.74 Å². The number of hydrogen-bond acceptors (Lipinski definition) is 1. The van der Waals surface area contributed by atoms with Crippen LogP contribution in [0, 0.1) is 5.92 Å². The van der Waals surface area contributed by atoms with Crippen molar-refractivity contribution in [1.29, 1.82) is 0 Å². The number of hydrogen-bond donors (Lipinski definition) is 0. The Bertz CT molecular complexity index is 214. The van der Waals surface area contributed by atoms with Gasteiger partial charge in [-0.05, 0) is 30.9 Å². The van der Waals surface area contributed by atoms with Crippen molar-refractivity contribution in [2.75, 3.05) is 13.2 Å². The van der Waals surface area contributed by atoms with Crippen molar-refractivity contribution in [1.82, 2.24) is 4.57 Å². The minimum atomic E-state index is 0.852. The van der Waals surface area contributed by atoms with Gasteiger partial charge < -0.3 is 9.30 Å². The van der Waals surface area contributed by atoms with Crippen LogP contribution in [0.3, 0.4) is 0 Å². The van der Waals surface area contributed by atoms with E-state index in [0.29, 0.717) is 0 Å². The van der Waals surface area contributed by atoms with E-state index in [2.05, 4.69) is 17.0 Å². The van der Waals surface area contributed by atoms with E-state index in [0.717, 1.165) is 25.7 Å². The fourth-order valence-corrected chi connectivity index (χ4v) is 1.22. The molecule has 1 aromatic rings. The van der Waals surface area contributed by atoms with Crippen LogP contribution in [-0.4, -0.2) is 17.8 Å². The van der Waals surface area contributed by atoms with Crippen LogP contribution in [-0.2, 0) is 11.3 Å². The first-order chi connectivity index (χ1) is 5.95. The molecular formula is C10H15NO. The normalized spacial score (nSPS) is 16.7. The molecule has 1 aromatic heterocycles. The summed E-state index contributed by atoms with van der Waals surface area (Å²) in [5.41, 5.74) is 0. The lowest BCUT2D eigenvalue weighted by Gasteiger charge is -2.03. The van der Waals surface area contributed by atoms with Gasteiger partial charge in [-0.2, -0.15) is 0 Å². The summed E-state index contributed by atoms with van der Waals surface area (Å²) in [4.78, 5) is 0. The van der Waals surface area contributed by atoms with Crippen molar-refractivity contribution in [2.24, 2.45) is 5.92 Å². The van der Waals surface area contributed by atoms with E-state index in [1.807, 2.05) is 12.1 Å². The fraction of sp³-hybridized carbons (Fsp3) is 0.600. The molecule has 2 heteroatoms. The zero-order chi connectivity index (χ0) is 8.23. The predicted octanol–water partition coefficient (Wildman–Crippen LogP) is 1.91. The second kappa shape index (κ2) is 3.76. The molecule has 1 aliphatic carbocycles. The van der Waals surface area contributed by atoms with E-state index in [-0.39, 0.29) is 0 Å². The molecular weight excluding hydrogens is 150 g/mol. The quantitative estimate of drug-likeness (QED) is 0.608. The molecule has 1 fully saturated rings. The Morgan fingerprint density at radius 2 is 2.00 bits per heavy atom. The van der Waals surface area contributed by atoms with Crippen molar-refractivity contribution in [3.8, 4) is 0 Å². The highest BCUT2D eigenvalue weighted by atomic mass is 16.5. The van der Waals surface area contributed by atoms with Crippen LogP contribution in [0.2, 0.25) is 0 Å². The van der Waals surface area contributed by atoms with Gasteiger partial charge in [-0.15, -0.1) is 0 Å². The first-order valence-electron chi connectivity index (χ1n) is 4.63. The summed E-state index contributed by atoms with van der Waals surface area (Å²) in [5, 5.41) is 0. The topological polar surface area (TPSA) is 14.2 Å². The maximum Gasteiger partial charge on any atom is 0.0645 e. The van der Waals surface area contributed by atoms with Crippen LogP contribution in [0.1, 0.15) is 12.8 Å². The molecule has 0 unspecified atom stereocenters. The molecule has 0 aromatic carbocycles. The van der Waals surface area contributed by atoms with Crippen molar-refractivity contribution in [2.45, 2.75) is 19.4 Å². The first kappa shape index (κ1) is 7.87. The highest BCUT2D eigenvalue weighted by molar-refractivity contribution is 4.89. The summed E-state index contributed by atoms with van der Waals surface area (Å²) >= 11 is 0. The summed E-state index contributed by atoms with van der Waals surface area (Å²) in [6.07, 6.45) is 6.90. The summed E-state index contributed by atoms with van der Waals surface area (Å²) in [6.45, 7) is 2.81. The summed E-state index contributed by atoms with van der Waals surface area (Å²) in [7, 11) is 0. The van der Waals surface area contributed by atoms with E-state index in [9.17, 15) is 0 Å². The van der Waals surface area contributed by atoms with Crippen LogP contribution < -0.4 is 0 Å². The molecule has 1 aliphatic rings. The maximum absolute atomic E-state index is 5.51. The molecule has 0 N–H and O–H groups in total. The number of rotatable bonds is 5. The van der Waals surface area contributed by atoms with Gasteiger partial charge in [0.25, 0.3) is 0 Å². The average Bonchev–Trinajstić information content (AvgIpc) is 2.76. The van der Waals surface area contributed by atoms with Crippen molar-refractivity contribution >= 4 is 0 Å². The highest BCUT2D eigenvalue weighted by Crippen LogP contribution is 2.28. The molecule has 0 amide bonds. The van der Waals surface area contributed by atoms with E-state index in [1.54, 1.807) is 0 Å². The first-order valence-corrected chi connectivity index (χ1v) is 4.63. The Hall–Kier alpha value is -0.760. The minimum Gasteiger partial charge on any atom is -0.379 e. The summed E-state index contributed by atoms with van der Waals surface area (Å²) < 4.78 is 7.66. The third-order valence-corrected chi connectivity index (χ3v) is 2.21. The van der Waals surface area contributed by atoms with Crippen molar-refractivity contribution in [3.63, 3.8) is 0 Å². The van der Waals surface area contributed by atoms with Gasteiger partial charge in [0.05, 0.1) is 6.61 Å². The second-order valence-corrected chi connectivity index (χ2v) is 3.44. The Labute approximate surface area is 73.1 Å².